The summed E-state index contributed by atoms with van der Waals surface area (Å²) in [5.41, 5.74) is 0. The Morgan fingerprint density at radius 3 is 1.63 bits per heavy atom. The molecule has 0 aliphatic heterocycles. The minimum absolute atomic E-state index is 0.0184. The van der Waals surface area contributed by atoms with E-state index in [2.05, 4.69) is 62.5 Å². The van der Waals surface area contributed by atoms with Crippen LogP contribution in [-0.2, 0) is 27.9 Å². The summed E-state index contributed by atoms with van der Waals surface area (Å²) in [5.74, 6) is -0.365. The zero-order chi connectivity index (χ0) is 39.9. The van der Waals surface area contributed by atoms with Crippen molar-refractivity contribution in [3.8, 4) is 0 Å². The summed E-state index contributed by atoms with van der Waals surface area (Å²) in [4.78, 5) is 25.0. The van der Waals surface area contributed by atoms with Crippen molar-refractivity contribution in [2.75, 3.05) is 54.1 Å². The number of esters is 1. The Labute approximate surface area is 333 Å². The fourth-order valence-corrected chi connectivity index (χ4v) is 6.46. The minimum Gasteiger partial charge on any atom is -0.756 e. The normalized spacial score (nSPS) is 14.3. The third-order valence-corrected chi connectivity index (χ3v) is 10.1. The molecule has 0 aromatic carbocycles. The van der Waals surface area contributed by atoms with Crippen LogP contribution in [0.25, 0.3) is 0 Å². The van der Waals surface area contributed by atoms with Crippen LogP contribution in [-0.4, -0.2) is 70.7 Å². The first kappa shape index (κ1) is 52.5. The number of carbonyl (C=O) groups excluding carboxylic acids is 1. The Morgan fingerprint density at radius 1 is 0.593 bits per heavy atom. The highest BCUT2D eigenvalue weighted by Crippen LogP contribution is 2.38. The number of rotatable bonds is 40. The van der Waals surface area contributed by atoms with Crippen molar-refractivity contribution in [2.45, 2.75) is 180 Å². The Morgan fingerprint density at radius 2 is 1.07 bits per heavy atom. The van der Waals surface area contributed by atoms with Gasteiger partial charge < -0.3 is 27.9 Å². The fraction of sp³-hybridized carbons (Fsp3) is 0.800. The minimum atomic E-state index is -4.53. The summed E-state index contributed by atoms with van der Waals surface area (Å²) in [6.07, 6.45) is 45.6. The van der Waals surface area contributed by atoms with E-state index >= 15 is 0 Å². The number of ether oxygens (including phenoxy) is 2. The molecule has 2 atom stereocenters. The van der Waals surface area contributed by atoms with Gasteiger partial charge in [-0.2, -0.15) is 0 Å². The molecule has 8 nitrogen and oxygen atoms in total. The molecule has 0 heterocycles. The topological polar surface area (TPSA) is 94.1 Å². The van der Waals surface area contributed by atoms with Gasteiger partial charge in [-0.15, -0.1) is 0 Å². The highest BCUT2D eigenvalue weighted by Gasteiger charge is 2.20. The SMILES string of the molecule is CC/C=C\C/C=C\C/C=C\CCCCCC(=O)OC(COCCCCCCCCCC/C=C\CCCCCCCCC)COP(=O)([O-])OCC[N+](C)(C)C. The van der Waals surface area contributed by atoms with Gasteiger partial charge in [0.15, 0.2) is 0 Å². The van der Waals surface area contributed by atoms with Crippen LogP contribution in [0.15, 0.2) is 48.6 Å². The number of quaternary nitrogens is 1. The number of hydrogen-bond acceptors (Lipinski definition) is 7. The van der Waals surface area contributed by atoms with Gasteiger partial charge in [0.2, 0.25) is 0 Å². The van der Waals surface area contributed by atoms with Crippen molar-refractivity contribution < 1.29 is 37.3 Å². The van der Waals surface area contributed by atoms with E-state index in [0.29, 0.717) is 17.6 Å². The molecule has 0 rings (SSSR count). The summed E-state index contributed by atoms with van der Waals surface area (Å²) in [7, 11) is 1.33. The van der Waals surface area contributed by atoms with Gasteiger partial charge in [-0.3, -0.25) is 9.36 Å². The molecular weight excluding hydrogens is 697 g/mol. The third kappa shape index (κ3) is 41.6. The number of hydrogen-bond donors (Lipinski definition) is 0. The maximum Gasteiger partial charge on any atom is 0.306 e. The fourth-order valence-electron chi connectivity index (χ4n) is 5.73. The van der Waals surface area contributed by atoms with Gasteiger partial charge in [0, 0.05) is 13.0 Å². The lowest BCUT2D eigenvalue weighted by atomic mass is 10.1. The number of phosphoric ester groups is 1. The molecule has 0 spiro atoms. The molecule has 0 bridgehead atoms. The van der Waals surface area contributed by atoms with E-state index in [1.807, 2.05) is 21.1 Å². The van der Waals surface area contributed by atoms with Crippen LogP contribution in [0.4, 0.5) is 0 Å². The van der Waals surface area contributed by atoms with Gasteiger partial charge in [0.25, 0.3) is 7.82 Å². The molecule has 0 saturated heterocycles. The monoisotopic (exact) mass is 782 g/mol. The number of carbonyl (C=O) groups is 1. The Kier molecular flexibility index (Phi) is 37.2. The predicted octanol–water partition coefficient (Wildman–Crippen LogP) is 12.1. The summed E-state index contributed by atoms with van der Waals surface area (Å²) in [6, 6.07) is 0. The quantitative estimate of drug-likeness (QED) is 0.0201. The Bertz CT molecular complexity index is 1000. The first-order valence-electron chi connectivity index (χ1n) is 21.9. The van der Waals surface area contributed by atoms with Crippen LogP contribution in [0.5, 0.6) is 0 Å². The summed E-state index contributed by atoms with van der Waals surface area (Å²) in [5, 5.41) is 0. The number of likely N-dealkylation sites (N-methyl/N-ethyl adjacent to an activating group) is 1. The number of unbranched alkanes of at least 4 members (excludes halogenated alkanes) is 18. The van der Waals surface area contributed by atoms with Gasteiger partial charge in [-0.1, -0.05) is 146 Å². The number of nitrogens with zero attached hydrogens (tertiary/aromatic N) is 1. The van der Waals surface area contributed by atoms with Gasteiger partial charge in [0.1, 0.15) is 19.3 Å². The van der Waals surface area contributed by atoms with E-state index in [-0.39, 0.29) is 32.2 Å². The predicted molar refractivity (Wildman–Crippen MR) is 226 cm³/mol. The van der Waals surface area contributed by atoms with Crippen molar-refractivity contribution >= 4 is 13.8 Å². The third-order valence-electron chi connectivity index (χ3n) is 9.11. The lowest BCUT2D eigenvalue weighted by Gasteiger charge is -2.28. The number of phosphoric acid groups is 1. The van der Waals surface area contributed by atoms with Crippen LogP contribution < -0.4 is 4.89 Å². The summed E-state index contributed by atoms with van der Waals surface area (Å²) >= 11 is 0. The molecule has 54 heavy (non-hydrogen) atoms. The van der Waals surface area contributed by atoms with Crippen LogP contribution in [0.3, 0.4) is 0 Å². The second-order valence-corrected chi connectivity index (χ2v) is 17.1. The smallest absolute Gasteiger partial charge is 0.306 e. The zero-order valence-corrected chi connectivity index (χ0v) is 36.6. The molecule has 0 aromatic rings. The highest BCUT2D eigenvalue weighted by molar-refractivity contribution is 7.45. The van der Waals surface area contributed by atoms with Gasteiger partial charge >= 0.3 is 5.97 Å². The molecule has 0 amide bonds. The van der Waals surface area contributed by atoms with E-state index < -0.39 is 13.9 Å². The van der Waals surface area contributed by atoms with E-state index in [4.69, 9.17) is 18.5 Å². The van der Waals surface area contributed by atoms with E-state index in [0.717, 1.165) is 57.8 Å². The maximum atomic E-state index is 12.6. The molecule has 0 aliphatic carbocycles. The lowest BCUT2D eigenvalue weighted by molar-refractivity contribution is -0.870. The number of allylic oxidation sites excluding steroid dienone is 8. The van der Waals surface area contributed by atoms with Crippen molar-refractivity contribution in [3.05, 3.63) is 48.6 Å². The van der Waals surface area contributed by atoms with Crippen molar-refractivity contribution in [1.82, 2.24) is 0 Å². The molecule has 0 saturated carbocycles. The molecule has 0 fully saturated rings. The molecule has 0 radical (unpaired) electrons. The summed E-state index contributed by atoms with van der Waals surface area (Å²) in [6.45, 7) is 5.24. The highest BCUT2D eigenvalue weighted by atomic mass is 31.2. The molecule has 0 aliphatic rings. The van der Waals surface area contributed by atoms with Crippen LogP contribution in [0.2, 0.25) is 0 Å². The van der Waals surface area contributed by atoms with E-state index in [1.54, 1.807) is 0 Å². The average molecular weight is 782 g/mol. The molecule has 9 heteroatoms. The summed E-state index contributed by atoms with van der Waals surface area (Å²) < 4.78 is 34.5. The first-order chi connectivity index (χ1) is 26.1. The second kappa shape index (κ2) is 38.3. The van der Waals surface area contributed by atoms with Gasteiger partial charge in [-0.05, 0) is 70.6 Å². The zero-order valence-electron chi connectivity index (χ0n) is 35.7. The Hall–Kier alpha value is -1.54. The van der Waals surface area contributed by atoms with Gasteiger partial charge in [-0.25, -0.2) is 0 Å². The molecule has 0 aromatic heterocycles. The molecule has 316 valence electrons. The lowest BCUT2D eigenvalue weighted by Crippen LogP contribution is -2.37. The van der Waals surface area contributed by atoms with E-state index in [1.165, 1.54) is 96.3 Å². The standard InChI is InChI=1S/C45H84NO7P/c1-6-8-10-12-14-16-18-20-21-22-23-24-25-27-29-31-33-35-37-40-50-42-44(43-52-54(48,49)51-41-39-46(3,4)5)53-45(47)38-36-34-32-30-28-26-19-17-15-13-11-9-7-2/h9,11,15,17,21-22,26,28,44H,6-8,10,12-14,16,18-20,23-25,27,29-43H2,1-5H3/b11-9-,17-15-,22-21-,28-26-. The molecule has 2 unspecified atom stereocenters. The van der Waals surface area contributed by atoms with Crippen molar-refractivity contribution in [1.29, 1.82) is 0 Å². The average Bonchev–Trinajstić information content (AvgIpc) is 3.12. The first-order valence-corrected chi connectivity index (χ1v) is 23.3. The van der Waals surface area contributed by atoms with Crippen LogP contribution >= 0.6 is 7.82 Å². The second-order valence-electron chi connectivity index (χ2n) is 15.7. The largest absolute Gasteiger partial charge is 0.756 e. The van der Waals surface area contributed by atoms with Gasteiger partial charge in [0.05, 0.1) is 34.4 Å². The van der Waals surface area contributed by atoms with Crippen molar-refractivity contribution in [3.63, 3.8) is 0 Å². The van der Waals surface area contributed by atoms with Crippen LogP contribution in [0.1, 0.15) is 174 Å². The van der Waals surface area contributed by atoms with Crippen molar-refractivity contribution in [2.24, 2.45) is 0 Å². The molecular formula is C45H84NO7P. The Balaban J connectivity index is 4.24. The van der Waals surface area contributed by atoms with E-state index in [9.17, 15) is 14.3 Å². The molecule has 0 N–H and O–H groups in total. The van der Waals surface area contributed by atoms with Crippen LogP contribution in [0, 0.1) is 0 Å². The maximum absolute atomic E-state index is 12.6.